The van der Waals surface area contributed by atoms with E-state index in [0.29, 0.717) is 16.5 Å². The SMILES string of the molecule is COc1ccc(Cl)cc1CC(NN)c1ccccc1Cl. The predicted molar refractivity (Wildman–Crippen MR) is 83.2 cm³/mol. The molecule has 20 heavy (non-hydrogen) atoms. The summed E-state index contributed by atoms with van der Waals surface area (Å²) in [6.07, 6.45) is 0.629. The summed E-state index contributed by atoms with van der Waals surface area (Å²) in [5.74, 6) is 6.45. The van der Waals surface area contributed by atoms with Gasteiger partial charge in [0.1, 0.15) is 5.75 Å². The summed E-state index contributed by atoms with van der Waals surface area (Å²) < 4.78 is 5.35. The molecule has 0 spiro atoms. The molecule has 0 saturated carbocycles. The van der Waals surface area contributed by atoms with Crippen molar-refractivity contribution in [1.29, 1.82) is 0 Å². The first kappa shape index (κ1) is 15.1. The zero-order chi connectivity index (χ0) is 14.5. The summed E-state index contributed by atoms with van der Waals surface area (Å²) in [6.45, 7) is 0. The number of hydrazine groups is 1. The predicted octanol–water partition coefficient (Wildman–Crippen LogP) is 3.75. The van der Waals surface area contributed by atoms with Crippen LogP contribution in [0.5, 0.6) is 5.75 Å². The van der Waals surface area contributed by atoms with Gasteiger partial charge >= 0.3 is 0 Å². The Bertz CT molecular complexity index is 590. The van der Waals surface area contributed by atoms with Crippen LogP contribution in [0.3, 0.4) is 0 Å². The topological polar surface area (TPSA) is 47.3 Å². The number of methoxy groups -OCH3 is 1. The van der Waals surface area contributed by atoms with E-state index in [-0.39, 0.29) is 6.04 Å². The second-order valence-corrected chi connectivity index (χ2v) is 5.24. The average molecular weight is 311 g/mol. The molecule has 0 aliphatic heterocycles. The van der Waals surface area contributed by atoms with E-state index in [1.165, 1.54) is 0 Å². The molecule has 0 saturated heterocycles. The maximum Gasteiger partial charge on any atom is 0.122 e. The molecule has 106 valence electrons. The first-order valence-electron chi connectivity index (χ1n) is 6.18. The summed E-state index contributed by atoms with van der Waals surface area (Å²) in [6, 6.07) is 13.0. The maximum absolute atomic E-state index is 6.22. The monoisotopic (exact) mass is 310 g/mol. The molecular formula is C15H16Cl2N2O. The van der Waals surface area contributed by atoms with Gasteiger partial charge in [-0.2, -0.15) is 0 Å². The Kier molecular flexibility index (Phi) is 5.26. The van der Waals surface area contributed by atoms with Gasteiger partial charge in [-0.1, -0.05) is 41.4 Å². The molecule has 0 aliphatic rings. The molecule has 2 rings (SSSR count). The van der Waals surface area contributed by atoms with E-state index in [9.17, 15) is 0 Å². The van der Waals surface area contributed by atoms with Gasteiger partial charge in [0.2, 0.25) is 0 Å². The first-order chi connectivity index (χ1) is 9.65. The smallest absolute Gasteiger partial charge is 0.122 e. The van der Waals surface area contributed by atoms with Crippen molar-refractivity contribution in [1.82, 2.24) is 5.43 Å². The van der Waals surface area contributed by atoms with Crippen molar-refractivity contribution < 1.29 is 4.74 Å². The first-order valence-corrected chi connectivity index (χ1v) is 6.94. The highest BCUT2D eigenvalue weighted by Crippen LogP contribution is 2.30. The summed E-state index contributed by atoms with van der Waals surface area (Å²) in [7, 11) is 1.63. The molecular weight excluding hydrogens is 295 g/mol. The van der Waals surface area contributed by atoms with Gasteiger partial charge in [0.15, 0.2) is 0 Å². The molecule has 0 fully saturated rings. The summed E-state index contributed by atoms with van der Waals surface area (Å²) in [5.41, 5.74) is 4.71. The van der Waals surface area contributed by atoms with Crippen LogP contribution in [0.25, 0.3) is 0 Å². The number of ether oxygens (including phenoxy) is 1. The lowest BCUT2D eigenvalue weighted by Gasteiger charge is -2.19. The molecule has 0 aromatic heterocycles. The highest BCUT2D eigenvalue weighted by molar-refractivity contribution is 6.31. The number of benzene rings is 2. The zero-order valence-electron chi connectivity index (χ0n) is 11.1. The van der Waals surface area contributed by atoms with Crippen LogP contribution in [-0.4, -0.2) is 7.11 Å². The minimum absolute atomic E-state index is 0.115. The average Bonchev–Trinajstić information content (AvgIpc) is 2.46. The number of nitrogens with one attached hydrogen (secondary N) is 1. The molecule has 2 aromatic carbocycles. The van der Waals surface area contributed by atoms with Gasteiger partial charge in [-0.05, 0) is 41.8 Å². The Morgan fingerprint density at radius 1 is 1.20 bits per heavy atom. The Balaban J connectivity index is 2.31. The van der Waals surface area contributed by atoms with E-state index in [0.717, 1.165) is 16.9 Å². The van der Waals surface area contributed by atoms with Crippen molar-refractivity contribution in [2.45, 2.75) is 12.5 Å². The number of halogens is 2. The van der Waals surface area contributed by atoms with E-state index in [2.05, 4.69) is 5.43 Å². The van der Waals surface area contributed by atoms with Crippen molar-refractivity contribution in [3.05, 3.63) is 63.6 Å². The van der Waals surface area contributed by atoms with E-state index in [1.54, 1.807) is 13.2 Å². The van der Waals surface area contributed by atoms with Gasteiger partial charge in [0.05, 0.1) is 13.2 Å². The molecule has 1 atom stereocenters. The molecule has 3 N–H and O–H groups in total. The zero-order valence-corrected chi connectivity index (χ0v) is 12.6. The van der Waals surface area contributed by atoms with Gasteiger partial charge in [0.25, 0.3) is 0 Å². The van der Waals surface area contributed by atoms with Crippen molar-refractivity contribution in [3.63, 3.8) is 0 Å². The van der Waals surface area contributed by atoms with Crippen LogP contribution < -0.4 is 16.0 Å². The number of nitrogens with two attached hydrogens (primary N) is 1. The van der Waals surface area contributed by atoms with E-state index < -0.39 is 0 Å². The van der Waals surface area contributed by atoms with Crippen LogP contribution in [0.1, 0.15) is 17.2 Å². The van der Waals surface area contributed by atoms with Gasteiger partial charge in [0, 0.05) is 10.0 Å². The summed E-state index contributed by atoms with van der Waals surface area (Å²) in [4.78, 5) is 0. The second-order valence-electron chi connectivity index (χ2n) is 4.40. The Hall–Kier alpha value is -1.26. The van der Waals surface area contributed by atoms with Crippen LogP contribution >= 0.6 is 23.2 Å². The third-order valence-electron chi connectivity index (χ3n) is 3.15. The Morgan fingerprint density at radius 2 is 1.95 bits per heavy atom. The van der Waals surface area contributed by atoms with Crippen molar-refractivity contribution >= 4 is 23.2 Å². The molecule has 1 unspecified atom stereocenters. The number of hydrogen-bond acceptors (Lipinski definition) is 3. The fraction of sp³-hybridized carbons (Fsp3) is 0.200. The molecule has 0 aliphatic carbocycles. The van der Waals surface area contributed by atoms with E-state index in [4.69, 9.17) is 33.8 Å². The fourth-order valence-corrected chi connectivity index (χ4v) is 2.61. The van der Waals surface area contributed by atoms with E-state index in [1.807, 2.05) is 36.4 Å². The third kappa shape index (κ3) is 3.44. The summed E-state index contributed by atoms with van der Waals surface area (Å²) in [5, 5.41) is 1.34. The Labute approximate surface area is 128 Å². The second kappa shape index (κ2) is 6.95. The highest BCUT2D eigenvalue weighted by Gasteiger charge is 2.16. The van der Waals surface area contributed by atoms with Crippen molar-refractivity contribution in [2.24, 2.45) is 5.84 Å². The van der Waals surface area contributed by atoms with Crippen molar-refractivity contribution in [2.75, 3.05) is 7.11 Å². The Morgan fingerprint density at radius 3 is 2.60 bits per heavy atom. The maximum atomic E-state index is 6.22. The standard InChI is InChI=1S/C15H16Cl2N2O/c1-20-15-7-6-11(16)8-10(15)9-14(19-18)12-4-2-3-5-13(12)17/h2-8,14,19H,9,18H2,1H3. The molecule has 0 bridgehead atoms. The third-order valence-corrected chi connectivity index (χ3v) is 3.73. The summed E-state index contributed by atoms with van der Waals surface area (Å²) >= 11 is 12.3. The minimum Gasteiger partial charge on any atom is -0.496 e. The van der Waals surface area contributed by atoms with Crippen LogP contribution in [0.15, 0.2) is 42.5 Å². The van der Waals surface area contributed by atoms with Crippen LogP contribution in [0, 0.1) is 0 Å². The van der Waals surface area contributed by atoms with Gasteiger partial charge in [-0.3, -0.25) is 11.3 Å². The molecule has 0 heterocycles. The molecule has 5 heteroatoms. The molecule has 0 amide bonds. The van der Waals surface area contributed by atoms with Gasteiger partial charge < -0.3 is 4.74 Å². The lowest BCUT2D eigenvalue weighted by atomic mass is 9.98. The van der Waals surface area contributed by atoms with Crippen LogP contribution in [0.4, 0.5) is 0 Å². The normalized spacial score (nSPS) is 12.2. The number of hydrogen-bond donors (Lipinski definition) is 2. The quantitative estimate of drug-likeness (QED) is 0.653. The lowest BCUT2D eigenvalue weighted by molar-refractivity contribution is 0.405. The van der Waals surface area contributed by atoms with E-state index >= 15 is 0 Å². The van der Waals surface area contributed by atoms with Crippen LogP contribution in [-0.2, 0) is 6.42 Å². The van der Waals surface area contributed by atoms with Crippen LogP contribution in [0.2, 0.25) is 10.0 Å². The number of rotatable bonds is 5. The highest BCUT2D eigenvalue weighted by atomic mass is 35.5. The molecule has 0 radical (unpaired) electrons. The minimum atomic E-state index is -0.115. The van der Waals surface area contributed by atoms with Gasteiger partial charge in [-0.15, -0.1) is 0 Å². The van der Waals surface area contributed by atoms with Gasteiger partial charge in [-0.25, -0.2) is 0 Å². The van der Waals surface area contributed by atoms with Crippen molar-refractivity contribution in [3.8, 4) is 5.75 Å². The molecule has 2 aromatic rings. The largest absolute Gasteiger partial charge is 0.496 e. The lowest BCUT2D eigenvalue weighted by Crippen LogP contribution is -2.29. The fourth-order valence-electron chi connectivity index (χ4n) is 2.14. The molecule has 3 nitrogen and oxygen atoms in total.